The summed E-state index contributed by atoms with van der Waals surface area (Å²) >= 11 is 0. The second kappa shape index (κ2) is 6.31. The first-order chi connectivity index (χ1) is 12.1. The first-order valence-corrected chi connectivity index (χ1v) is 8.30. The molecule has 1 aliphatic rings. The molecule has 7 nitrogen and oxygen atoms in total. The average Bonchev–Trinajstić information content (AvgIpc) is 3.17. The van der Waals surface area contributed by atoms with Gasteiger partial charge in [-0.1, -0.05) is 11.2 Å². The lowest BCUT2D eigenvalue weighted by Crippen LogP contribution is -2.42. The van der Waals surface area contributed by atoms with E-state index < -0.39 is 0 Å². The van der Waals surface area contributed by atoms with Crippen LogP contribution in [0.2, 0.25) is 0 Å². The Hall–Kier alpha value is -2.69. The molecule has 7 heteroatoms. The number of morpholine rings is 1. The third-order valence-electron chi connectivity index (χ3n) is 4.42. The van der Waals surface area contributed by atoms with Crippen molar-refractivity contribution in [3.63, 3.8) is 0 Å². The molecular formula is C18H19N5O2. The molecule has 128 valence electrons. The van der Waals surface area contributed by atoms with Crippen LogP contribution in [0, 0.1) is 18.3 Å². The first kappa shape index (κ1) is 15.8. The van der Waals surface area contributed by atoms with Crippen LogP contribution in [0.5, 0.6) is 0 Å². The van der Waals surface area contributed by atoms with Gasteiger partial charge in [0.1, 0.15) is 12.2 Å². The van der Waals surface area contributed by atoms with E-state index in [1.165, 1.54) is 0 Å². The monoisotopic (exact) mass is 337 g/mol. The minimum Gasteiger partial charge on any atom is -0.363 e. The molecule has 0 aliphatic carbocycles. The highest BCUT2D eigenvalue weighted by Crippen LogP contribution is 2.27. The van der Waals surface area contributed by atoms with Crippen molar-refractivity contribution in [2.75, 3.05) is 13.1 Å². The van der Waals surface area contributed by atoms with Crippen molar-refractivity contribution in [2.24, 2.45) is 0 Å². The number of pyridine rings is 1. The molecule has 4 heterocycles. The Labute approximate surface area is 145 Å². The summed E-state index contributed by atoms with van der Waals surface area (Å²) in [5.41, 5.74) is 2.68. The van der Waals surface area contributed by atoms with Crippen LogP contribution >= 0.6 is 0 Å². The predicted octanol–water partition coefficient (Wildman–Crippen LogP) is 2.46. The van der Waals surface area contributed by atoms with Crippen LogP contribution in [-0.4, -0.2) is 38.6 Å². The first-order valence-electron chi connectivity index (χ1n) is 8.30. The summed E-state index contributed by atoms with van der Waals surface area (Å²) in [6.45, 7) is 5.96. The average molecular weight is 337 g/mol. The molecule has 1 saturated heterocycles. The zero-order valence-corrected chi connectivity index (χ0v) is 14.2. The molecule has 0 bridgehead atoms. The number of nitrogens with zero attached hydrogens (tertiary/aromatic N) is 5. The SMILES string of the molecule is Cc1noc([C@H]2CN(Cc3cn4ccccc4c3C#N)C[C@@H](C)O2)n1. The maximum Gasteiger partial charge on any atom is 0.257 e. The van der Waals surface area contributed by atoms with Crippen LogP contribution in [0.3, 0.4) is 0 Å². The zero-order valence-electron chi connectivity index (χ0n) is 14.2. The van der Waals surface area contributed by atoms with Gasteiger partial charge in [-0.25, -0.2) is 0 Å². The molecule has 0 N–H and O–H groups in total. The normalized spacial score (nSPS) is 21.5. The number of hydrogen-bond acceptors (Lipinski definition) is 6. The highest BCUT2D eigenvalue weighted by atomic mass is 16.5. The van der Waals surface area contributed by atoms with Crippen molar-refractivity contribution in [3.8, 4) is 6.07 Å². The number of hydrogen-bond donors (Lipinski definition) is 0. The summed E-state index contributed by atoms with van der Waals surface area (Å²) in [6.07, 6.45) is 3.80. The number of aryl methyl sites for hydroxylation is 1. The van der Waals surface area contributed by atoms with Crippen molar-refractivity contribution < 1.29 is 9.26 Å². The van der Waals surface area contributed by atoms with Gasteiger partial charge in [0.2, 0.25) is 0 Å². The van der Waals surface area contributed by atoms with Crippen LogP contribution < -0.4 is 0 Å². The van der Waals surface area contributed by atoms with Gasteiger partial charge in [-0.15, -0.1) is 0 Å². The van der Waals surface area contributed by atoms with Gasteiger partial charge in [-0.2, -0.15) is 10.2 Å². The van der Waals surface area contributed by atoms with Crippen LogP contribution in [0.1, 0.15) is 35.9 Å². The van der Waals surface area contributed by atoms with Crippen molar-refractivity contribution in [1.29, 1.82) is 5.26 Å². The van der Waals surface area contributed by atoms with E-state index in [-0.39, 0.29) is 12.2 Å². The molecular weight excluding hydrogens is 318 g/mol. The summed E-state index contributed by atoms with van der Waals surface area (Å²) < 4.78 is 13.2. The number of nitriles is 1. The molecule has 0 aromatic carbocycles. The van der Waals surface area contributed by atoms with E-state index in [4.69, 9.17) is 9.26 Å². The Morgan fingerprint density at radius 1 is 1.36 bits per heavy atom. The molecule has 25 heavy (non-hydrogen) atoms. The van der Waals surface area contributed by atoms with Gasteiger partial charge in [0.25, 0.3) is 5.89 Å². The summed E-state index contributed by atoms with van der Waals surface area (Å²) in [5, 5.41) is 13.4. The third kappa shape index (κ3) is 3.02. The molecule has 4 rings (SSSR count). The van der Waals surface area contributed by atoms with Crippen LogP contribution in [0.4, 0.5) is 0 Å². The lowest BCUT2D eigenvalue weighted by atomic mass is 10.1. The molecule has 0 saturated carbocycles. The number of aromatic nitrogens is 3. The Bertz CT molecular complexity index is 938. The van der Waals surface area contributed by atoms with Crippen molar-refractivity contribution in [1.82, 2.24) is 19.4 Å². The van der Waals surface area contributed by atoms with E-state index in [2.05, 4.69) is 21.1 Å². The van der Waals surface area contributed by atoms with Crippen LogP contribution in [-0.2, 0) is 11.3 Å². The van der Waals surface area contributed by atoms with E-state index in [0.717, 1.165) is 23.2 Å². The molecule has 2 atom stereocenters. The predicted molar refractivity (Wildman–Crippen MR) is 89.7 cm³/mol. The highest BCUT2D eigenvalue weighted by molar-refractivity contribution is 5.65. The molecule has 0 amide bonds. The van der Waals surface area contributed by atoms with E-state index in [1.54, 1.807) is 6.92 Å². The molecule has 0 unspecified atom stereocenters. The van der Waals surface area contributed by atoms with Crippen molar-refractivity contribution in [2.45, 2.75) is 32.6 Å². The second-order valence-electron chi connectivity index (χ2n) is 6.44. The molecule has 1 aliphatic heterocycles. The van der Waals surface area contributed by atoms with Crippen LogP contribution in [0.25, 0.3) is 5.52 Å². The maximum absolute atomic E-state index is 9.58. The molecule has 0 spiro atoms. The van der Waals surface area contributed by atoms with Gasteiger partial charge in [0.05, 0.1) is 17.2 Å². The van der Waals surface area contributed by atoms with Crippen LogP contribution in [0.15, 0.2) is 35.1 Å². The van der Waals surface area contributed by atoms with Gasteiger partial charge in [-0.05, 0) is 26.0 Å². The fourth-order valence-electron chi connectivity index (χ4n) is 3.42. The fraction of sp³-hybridized carbons (Fsp3) is 0.389. The third-order valence-corrected chi connectivity index (χ3v) is 4.42. The van der Waals surface area contributed by atoms with Gasteiger partial charge in [-0.3, -0.25) is 4.90 Å². The van der Waals surface area contributed by atoms with Gasteiger partial charge in [0.15, 0.2) is 5.82 Å². The number of rotatable bonds is 3. The van der Waals surface area contributed by atoms with E-state index in [9.17, 15) is 5.26 Å². The zero-order chi connectivity index (χ0) is 17.4. The quantitative estimate of drug-likeness (QED) is 0.730. The van der Waals surface area contributed by atoms with Crippen molar-refractivity contribution in [3.05, 3.63) is 53.4 Å². The summed E-state index contributed by atoms with van der Waals surface area (Å²) in [4.78, 5) is 6.56. The van der Waals surface area contributed by atoms with Gasteiger partial charge < -0.3 is 13.7 Å². The lowest BCUT2D eigenvalue weighted by Gasteiger charge is -2.35. The highest BCUT2D eigenvalue weighted by Gasteiger charge is 2.30. The summed E-state index contributed by atoms with van der Waals surface area (Å²) in [7, 11) is 0. The standard InChI is InChI=1S/C18H19N5O2/c1-12-8-22(11-17(24-12)18-20-13(2)21-25-18)9-14-10-23-6-4-3-5-16(23)15(14)7-19/h3-6,10,12,17H,8-9,11H2,1-2H3/t12-,17-/m1/s1. The Kier molecular flexibility index (Phi) is 3.99. The number of ether oxygens (including phenoxy) is 1. The maximum atomic E-state index is 9.58. The molecule has 3 aromatic rings. The Balaban J connectivity index is 1.59. The smallest absolute Gasteiger partial charge is 0.257 e. The minimum atomic E-state index is -0.243. The topological polar surface area (TPSA) is 79.6 Å². The molecule has 3 aromatic heterocycles. The minimum absolute atomic E-state index is 0.0496. The van der Waals surface area contributed by atoms with E-state index in [1.807, 2.05) is 41.9 Å². The Morgan fingerprint density at radius 3 is 3.00 bits per heavy atom. The summed E-state index contributed by atoms with van der Waals surface area (Å²) in [5.74, 6) is 1.12. The second-order valence-corrected chi connectivity index (χ2v) is 6.44. The van der Waals surface area contributed by atoms with E-state index >= 15 is 0 Å². The van der Waals surface area contributed by atoms with Gasteiger partial charge >= 0.3 is 0 Å². The van der Waals surface area contributed by atoms with Gasteiger partial charge in [0, 0.05) is 37.6 Å². The Morgan fingerprint density at radius 2 is 2.24 bits per heavy atom. The summed E-state index contributed by atoms with van der Waals surface area (Å²) in [6, 6.07) is 8.22. The van der Waals surface area contributed by atoms with E-state index in [0.29, 0.717) is 24.8 Å². The molecule has 0 radical (unpaired) electrons. The fourth-order valence-corrected chi connectivity index (χ4v) is 3.42. The lowest BCUT2D eigenvalue weighted by molar-refractivity contribution is -0.0930. The molecule has 1 fully saturated rings. The number of fused-ring (bicyclic) bond motifs is 1. The largest absolute Gasteiger partial charge is 0.363 e. The van der Waals surface area contributed by atoms with Crippen molar-refractivity contribution >= 4 is 5.52 Å².